The van der Waals surface area contributed by atoms with E-state index in [1.54, 1.807) is 77.8 Å². The molecule has 0 bridgehead atoms. The highest BCUT2D eigenvalue weighted by molar-refractivity contribution is 5.98. The van der Waals surface area contributed by atoms with Crippen molar-refractivity contribution < 1.29 is 52.8 Å². The number of benzene rings is 2. The predicted octanol–water partition coefficient (Wildman–Crippen LogP) is -3.44. The lowest BCUT2D eigenvalue weighted by atomic mass is 10.0. The number of carboxylic acids is 1. The number of carbonyl (C=O) groups excluding carboxylic acids is 8. The van der Waals surface area contributed by atoms with E-state index < -0.39 is 102 Å². The number of hydrogen-bond donors (Lipinski definition) is 15. The van der Waals surface area contributed by atoms with Gasteiger partial charge in [-0.2, -0.15) is 0 Å². The number of aliphatic carboxylic acids is 1. The first kappa shape index (κ1) is 58.8. The summed E-state index contributed by atoms with van der Waals surface area (Å²) in [6.07, 6.45) is 6.05. The van der Waals surface area contributed by atoms with Gasteiger partial charge >= 0.3 is 5.97 Å². The van der Waals surface area contributed by atoms with Crippen LogP contribution in [-0.4, -0.2) is 142 Å². The van der Waals surface area contributed by atoms with Gasteiger partial charge in [-0.3, -0.25) is 53.3 Å². The topological polar surface area (TPSA) is 434 Å². The number of aromatic nitrogens is 3. The number of rotatable bonds is 18. The Balaban J connectivity index is 1.54. The third-order valence-corrected chi connectivity index (χ3v) is 12.4. The Hall–Kier alpha value is -9.04. The highest BCUT2D eigenvalue weighted by atomic mass is 16.4. The highest BCUT2D eigenvalue weighted by Crippen LogP contribution is 2.20. The molecule has 8 amide bonds. The van der Waals surface area contributed by atoms with Gasteiger partial charge in [0.05, 0.1) is 6.42 Å². The number of carbonyl (C=O) groups is 9. The summed E-state index contributed by atoms with van der Waals surface area (Å²) in [5, 5.41) is 32.2. The van der Waals surface area contributed by atoms with E-state index in [0.717, 1.165) is 5.52 Å². The number of fused-ring (bicyclic) bond motifs is 1. The number of aromatic amines is 2. The summed E-state index contributed by atoms with van der Waals surface area (Å²) in [4.78, 5) is 139. The monoisotopic (exact) mass is 1070 g/mol. The molecule has 19 N–H and O–H groups in total. The molecule has 7 atom stereocenters. The van der Waals surface area contributed by atoms with Crippen LogP contribution in [0.15, 0.2) is 89.5 Å². The van der Waals surface area contributed by atoms with Crippen molar-refractivity contribution in [3.63, 3.8) is 0 Å². The number of para-hydroxylation sites is 1. The van der Waals surface area contributed by atoms with Crippen molar-refractivity contribution in [2.75, 3.05) is 19.6 Å². The Morgan fingerprint density at radius 3 is 2.05 bits per heavy atom. The molecule has 27 nitrogen and oxygen atoms in total. The fourth-order valence-corrected chi connectivity index (χ4v) is 8.48. The summed E-state index contributed by atoms with van der Waals surface area (Å²) in [6, 6.07) is 5.90. The number of nitrogens with one attached hydrogen (secondary N) is 10. The zero-order valence-electron chi connectivity index (χ0n) is 42.7. The fourth-order valence-electron chi connectivity index (χ4n) is 8.48. The van der Waals surface area contributed by atoms with Crippen LogP contribution in [0.25, 0.3) is 10.9 Å². The normalized spacial score (nSPS) is 20.8. The molecule has 414 valence electrons. The van der Waals surface area contributed by atoms with Crippen LogP contribution in [0.1, 0.15) is 69.4 Å². The molecule has 0 aliphatic carbocycles. The van der Waals surface area contributed by atoms with Crippen LogP contribution in [0.2, 0.25) is 0 Å². The van der Waals surface area contributed by atoms with Crippen LogP contribution in [0, 0.1) is 0 Å². The van der Waals surface area contributed by atoms with Crippen LogP contribution in [0.3, 0.4) is 0 Å². The third kappa shape index (κ3) is 19.6. The third-order valence-electron chi connectivity index (χ3n) is 12.4. The molecule has 1 saturated heterocycles. The SMILES string of the molecule is CC(=O)N[C@@H](CCCN=C(N)N)C(=O)N[C@H]1CCCCNC(=O)C[C@@H](C(=O)O)NC(=O)[C@H](Cc2c[nH]c3ccccc23)NC(=O)[C@H](CCCN=C(N)N)NC(=O)[C@@H](Cc2ccccc2)NC(=O)[C@H](C[n+]2cc[nH]c2)NC1=O. The van der Waals surface area contributed by atoms with Crippen molar-refractivity contribution in [2.45, 2.75) is 120 Å². The second-order valence-corrected chi connectivity index (χ2v) is 18.5. The quantitative estimate of drug-likeness (QED) is 0.0200. The minimum absolute atomic E-state index is 0.0243. The van der Waals surface area contributed by atoms with Gasteiger partial charge in [-0.25, -0.2) is 9.36 Å². The molecule has 1 fully saturated rings. The Labute approximate surface area is 443 Å². The molecule has 0 radical (unpaired) electrons. The molecule has 1 aliphatic heterocycles. The summed E-state index contributed by atoms with van der Waals surface area (Å²) in [7, 11) is 0. The Bertz CT molecular complexity index is 2720. The zero-order valence-corrected chi connectivity index (χ0v) is 42.7. The first-order valence-electron chi connectivity index (χ1n) is 25.2. The standard InChI is InChI=1S/C50H69N17O10/c1-29(68)60-34(16-9-19-57-49(51)52)42(70)61-35-15-7-8-18-56-41(69)25-39(48(76)77)65-46(74)38(24-31-26-59-33-14-6-5-13-32(31)33)64-43(71)36(17-10-20-58-50(53)54)62-45(73)37(23-30-11-3-2-4-12-30)63-47(75)40(66-44(35)72)27-67-22-21-55-28-67/h2-6,11-14,21-22,26,28,34-40,59H,7-10,15-20,23-25,27H2,1H3,(H17,51,52,53,54,56,57,58,60,61,62,63,64,65,66,68,69,70,71,72,73,74,75,76,77)/p+1/t34-,35-,36-,37+,38-,39-,40-/m0/s1. The molecule has 2 aromatic carbocycles. The number of nitrogens with two attached hydrogens (primary N) is 4. The van der Waals surface area contributed by atoms with Gasteiger partial charge < -0.3 is 75.6 Å². The van der Waals surface area contributed by atoms with E-state index in [4.69, 9.17) is 22.9 Å². The van der Waals surface area contributed by atoms with E-state index in [2.05, 4.69) is 62.5 Å². The van der Waals surface area contributed by atoms with E-state index in [-0.39, 0.29) is 95.9 Å². The molecule has 27 heteroatoms. The lowest BCUT2D eigenvalue weighted by Gasteiger charge is -2.27. The van der Waals surface area contributed by atoms with E-state index in [0.29, 0.717) is 16.5 Å². The van der Waals surface area contributed by atoms with Gasteiger partial charge in [0.1, 0.15) is 61.2 Å². The molecule has 3 heterocycles. The van der Waals surface area contributed by atoms with E-state index in [1.807, 2.05) is 0 Å². The second kappa shape index (κ2) is 29.7. The summed E-state index contributed by atoms with van der Waals surface area (Å²) in [5.74, 6) is -8.27. The number of imidazole rings is 1. The van der Waals surface area contributed by atoms with Crippen LogP contribution >= 0.6 is 0 Å². The molecule has 1 aliphatic rings. The summed E-state index contributed by atoms with van der Waals surface area (Å²) in [6.45, 7) is 1.18. The van der Waals surface area contributed by atoms with Crippen molar-refractivity contribution in [1.82, 2.24) is 52.5 Å². The molecule has 0 unspecified atom stereocenters. The second-order valence-electron chi connectivity index (χ2n) is 18.5. The number of hydrogen-bond acceptors (Lipinski definition) is 11. The van der Waals surface area contributed by atoms with Crippen LogP contribution < -0.4 is 70.0 Å². The van der Waals surface area contributed by atoms with Crippen molar-refractivity contribution in [2.24, 2.45) is 32.9 Å². The van der Waals surface area contributed by atoms with E-state index in [1.165, 1.54) is 13.3 Å². The minimum Gasteiger partial charge on any atom is -0.480 e. The number of guanidine groups is 2. The number of amides is 8. The Morgan fingerprint density at radius 1 is 0.753 bits per heavy atom. The van der Waals surface area contributed by atoms with E-state index in [9.17, 15) is 48.3 Å². The molecule has 0 saturated carbocycles. The average molecular weight is 1070 g/mol. The first-order chi connectivity index (χ1) is 36.9. The lowest BCUT2D eigenvalue weighted by Crippen LogP contribution is -2.62. The predicted molar refractivity (Wildman–Crippen MR) is 281 cm³/mol. The van der Waals surface area contributed by atoms with Crippen LogP contribution in [0.4, 0.5) is 0 Å². The molecular weight excluding hydrogens is 999 g/mol. The zero-order chi connectivity index (χ0) is 55.9. The molecule has 4 aromatic rings. The summed E-state index contributed by atoms with van der Waals surface area (Å²) >= 11 is 0. The van der Waals surface area contributed by atoms with Gasteiger partial charge in [-0.1, -0.05) is 48.5 Å². The summed E-state index contributed by atoms with van der Waals surface area (Å²) in [5.41, 5.74) is 24.0. The lowest BCUT2D eigenvalue weighted by molar-refractivity contribution is -0.696. The average Bonchev–Trinajstić information content (AvgIpc) is 4.07. The van der Waals surface area contributed by atoms with Gasteiger partial charge in [0.2, 0.25) is 53.6 Å². The summed E-state index contributed by atoms with van der Waals surface area (Å²) < 4.78 is 1.57. The fraction of sp³-hybridized carbons (Fsp3) is 0.440. The molecule has 77 heavy (non-hydrogen) atoms. The van der Waals surface area contributed by atoms with Gasteiger partial charge in [-0.15, -0.1) is 0 Å². The number of carboxylic acid groups (broad SMARTS) is 1. The van der Waals surface area contributed by atoms with Gasteiger partial charge in [0.15, 0.2) is 11.9 Å². The van der Waals surface area contributed by atoms with Gasteiger partial charge in [0.25, 0.3) is 0 Å². The smallest absolute Gasteiger partial charge is 0.326 e. The van der Waals surface area contributed by atoms with Crippen molar-refractivity contribution in [3.8, 4) is 0 Å². The van der Waals surface area contributed by atoms with Crippen LogP contribution in [0.5, 0.6) is 0 Å². The van der Waals surface area contributed by atoms with Gasteiger partial charge in [-0.05, 0) is 62.1 Å². The largest absolute Gasteiger partial charge is 0.480 e. The highest BCUT2D eigenvalue weighted by Gasteiger charge is 2.36. The maximum Gasteiger partial charge on any atom is 0.326 e. The molecule has 0 spiro atoms. The molecule has 5 rings (SSSR count). The minimum atomic E-state index is -1.76. The van der Waals surface area contributed by atoms with Crippen molar-refractivity contribution >= 4 is 76.0 Å². The first-order valence-corrected chi connectivity index (χ1v) is 25.2. The number of nitrogens with zero attached hydrogens (tertiary/aromatic N) is 3. The van der Waals surface area contributed by atoms with Gasteiger partial charge in [0, 0.05) is 56.5 Å². The number of aliphatic imine (C=N–C) groups is 2. The van der Waals surface area contributed by atoms with Crippen molar-refractivity contribution in [3.05, 3.63) is 90.6 Å². The number of H-pyrrole nitrogens is 2. The Kier molecular flexibility index (Phi) is 22.7. The van der Waals surface area contributed by atoms with Crippen molar-refractivity contribution in [1.29, 1.82) is 0 Å². The maximum absolute atomic E-state index is 14.7. The van der Waals surface area contributed by atoms with Crippen LogP contribution in [-0.2, 0) is 62.5 Å². The maximum atomic E-state index is 14.7. The Morgan fingerprint density at radius 2 is 1.38 bits per heavy atom. The molecule has 2 aromatic heterocycles. The molecular formula is C50H70N17O10+. The van der Waals surface area contributed by atoms with E-state index >= 15 is 0 Å².